The van der Waals surface area contributed by atoms with Crippen LogP contribution in [0.4, 0.5) is 13.2 Å². The van der Waals surface area contributed by atoms with Crippen LogP contribution in [-0.4, -0.2) is 39.6 Å². The van der Waals surface area contributed by atoms with Gasteiger partial charge >= 0.3 is 12.3 Å². The van der Waals surface area contributed by atoms with Crippen LogP contribution in [0.5, 0.6) is 23.0 Å². The van der Waals surface area contributed by atoms with Gasteiger partial charge in [0, 0.05) is 5.56 Å². The van der Waals surface area contributed by atoms with Gasteiger partial charge in [0.1, 0.15) is 5.75 Å². The van der Waals surface area contributed by atoms with Gasteiger partial charge in [0.2, 0.25) is 11.6 Å². The molecule has 1 heterocycles. The van der Waals surface area contributed by atoms with Crippen molar-refractivity contribution in [3.8, 4) is 23.0 Å². The second-order valence-corrected chi connectivity index (χ2v) is 5.87. The average Bonchev–Trinajstić information content (AvgIpc) is 3.07. The van der Waals surface area contributed by atoms with Gasteiger partial charge in [-0.2, -0.15) is 0 Å². The number of aliphatic imine (C=N–C) groups is 1. The summed E-state index contributed by atoms with van der Waals surface area (Å²) in [6, 6.07) is 8.11. The van der Waals surface area contributed by atoms with Crippen molar-refractivity contribution < 1.29 is 41.7 Å². The molecule has 3 rings (SSSR count). The Morgan fingerprint density at radius 3 is 2.07 bits per heavy atom. The van der Waals surface area contributed by atoms with Crippen molar-refractivity contribution in [1.82, 2.24) is 0 Å². The summed E-state index contributed by atoms with van der Waals surface area (Å²) in [6.45, 7) is 0. The molecule has 1 aliphatic rings. The van der Waals surface area contributed by atoms with E-state index < -0.39 is 12.3 Å². The third kappa shape index (κ3) is 4.65. The van der Waals surface area contributed by atoms with Gasteiger partial charge in [-0.15, -0.1) is 13.2 Å². The third-order valence-electron chi connectivity index (χ3n) is 3.95. The molecule has 0 saturated heterocycles. The predicted molar refractivity (Wildman–Crippen MR) is 99.8 cm³/mol. The van der Waals surface area contributed by atoms with E-state index in [4.69, 9.17) is 18.9 Å². The molecule has 0 atom stereocenters. The fourth-order valence-corrected chi connectivity index (χ4v) is 2.66. The zero-order valence-corrected chi connectivity index (χ0v) is 16.1. The normalized spacial score (nSPS) is 14.9. The number of methoxy groups -OCH3 is 3. The molecule has 30 heavy (non-hydrogen) atoms. The van der Waals surface area contributed by atoms with E-state index in [0.29, 0.717) is 28.4 Å². The molecule has 0 aliphatic carbocycles. The van der Waals surface area contributed by atoms with Crippen LogP contribution in [0.3, 0.4) is 0 Å². The molecule has 0 fully saturated rings. The molecule has 1 aliphatic heterocycles. The molecule has 0 aromatic heterocycles. The Morgan fingerprint density at radius 1 is 0.967 bits per heavy atom. The molecular formula is C20H16F3NO6. The van der Waals surface area contributed by atoms with E-state index in [1.54, 1.807) is 12.1 Å². The third-order valence-corrected chi connectivity index (χ3v) is 3.95. The molecule has 0 spiro atoms. The van der Waals surface area contributed by atoms with E-state index in [9.17, 15) is 18.0 Å². The van der Waals surface area contributed by atoms with Crippen LogP contribution in [0.15, 0.2) is 47.1 Å². The smallest absolute Gasteiger partial charge is 0.493 e. The number of carbonyl (C=O) groups excluding carboxylic acids is 1. The zero-order valence-electron chi connectivity index (χ0n) is 16.1. The average molecular weight is 423 g/mol. The van der Waals surface area contributed by atoms with Crippen molar-refractivity contribution in [2.24, 2.45) is 4.99 Å². The molecule has 0 N–H and O–H groups in total. The number of hydrogen-bond acceptors (Lipinski definition) is 7. The Bertz CT molecular complexity index is 987. The minimum Gasteiger partial charge on any atom is -0.493 e. The van der Waals surface area contributed by atoms with Crippen LogP contribution >= 0.6 is 0 Å². The van der Waals surface area contributed by atoms with Crippen molar-refractivity contribution in [1.29, 1.82) is 0 Å². The first-order valence-electron chi connectivity index (χ1n) is 8.43. The zero-order chi connectivity index (χ0) is 21.9. The second-order valence-electron chi connectivity index (χ2n) is 5.87. The first-order chi connectivity index (χ1) is 14.2. The Morgan fingerprint density at radius 2 is 1.57 bits per heavy atom. The van der Waals surface area contributed by atoms with Crippen LogP contribution in [0, 0.1) is 0 Å². The number of carbonyl (C=O) groups is 1. The number of ether oxygens (including phenoxy) is 5. The number of hydrogen-bond donors (Lipinski definition) is 0. The summed E-state index contributed by atoms with van der Waals surface area (Å²) in [6.07, 6.45) is -3.40. The van der Waals surface area contributed by atoms with Crippen molar-refractivity contribution in [3.05, 3.63) is 53.2 Å². The van der Waals surface area contributed by atoms with E-state index in [2.05, 4.69) is 9.73 Å². The van der Waals surface area contributed by atoms with Gasteiger partial charge in [0.05, 0.1) is 21.3 Å². The molecule has 0 radical (unpaired) electrons. The number of rotatable bonds is 6. The van der Waals surface area contributed by atoms with E-state index in [1.807, 2.05) is 0 Å². The van der Waals surface area contributed by atoms with Gasteiger partial charge in [-0.1, -0.05) is 12.1 Å². The van der Waals surface area contributed by atoms with Crippen LogP contribution in [0.1, 0.15) is 11.1 Å². The van der Waals surface area contributed by atoms with Gasteiger partial charge < -0.3 is 23.7 Å². The van der Waals surface area contributed by atoms with E-state index in [0.717, 1.165) is 12.1 Å². The first kappa shape index (κ1) is 21.0. The summed E-state index contributed by atoms with van der Waals surface area (Å²) in [5.74, 6) is -0.00525. The summed E-state index contributed by atoms with van der Waals surface area (Å²) in [4.78, 5) is 16.3. The van der Waals surface area contributed by atoms with E-state index >= 15 is 0 Å². The highest BCUT2D eigenvalue weighted by Gasteiger charge is 2.31. The molecule has 7 nitrogen and oxygen atoms in total. The molecule has 158 valence electrons. The van der Waals surface area contributed by atoms with Crippen LogP contribution in [0.2, 0.25) is 0 Å². The standard InChI is InChI=1S/C20H16F3NO6/c1-26-15-9-12(10-16(27-2)17(15)28-3)18-24-14(19(25)29-18)8-11-4-6-13(7-5-11)30-20(21,22)23/h4-10H,1-3H3/b14-8-. The quantitative estimate of drug-likeness (QED) is 0.517. The summed E-state index contributed by atoms with van der Waals surface area (Å²) >= 11 is 0. The fraction of sp³-hybridized carbons (Fsp3) is 0.200. The Labute approximate surface area is 169 Å². The maximum Gasteiger partial charge on any atom is 0.573 e. The summed E-state index contributed by atoms with van der Waals surface area (Å²) in [7, 11) is 4.35. The molecule has 2 aromatic carbocycles. The predicted octanol–water partition coefficient (Wildman–Crippen LogP) is 3.96. The lowest BCUT2D eigenvalue weighted by Gasteiger charge is -2.13. The Hall–Kier alpha value is -3.69. The summed E-state index contributed by atoms with van der Waals surface area (Å²) in [5.41, 5.74) is 0.824. The molecule has 0 saturated carbocycles. The summed E-state index contributed by atoms with van der Waals surface area (Å²) in [5, 5.41) is 0. The largest absolute Gasteiger partial charge is 0.573 e. The number of cyclic esters (lactones) is 1. The van der Waals surface area contributed by atoms with Gasteiger partial charge in [-0.3, -0.25) is 0 Å². The number of esters is 1. The second kappa shape index (κ2) is 8.36. The highest BCUT2D eigenvalue weighted by molar-refractivity contribution is 6.13. The Kier molecular flexibility index (Phi) is 5.86. The van der Waals surface area contributed by atoms with Crippen molar-refractivity contribution in [2.75, 3.05) is 21.3 Å². The lowest BCUT2D eigenvalue weighted by atomic mass is 10.1. The van der Waals surface area contributed by atoms with E-state index in [1.165, 1.54) is 39.5 Å². The number of benzene rings is 2. The molecule has 2 aromatic rings. The first-order valence-corrected chi connectivity index (χ1v) is 8.43. The lowest BCUT2D eigenvalue weighted by molar-refractivity contribution is -0.274. The van der Waals surface area contributed by atoms with Gasteiger partial charge in [0.15, 0.2) is 17.2 Å². The topological polar surface area (TPSA) is 75.6 Å². The number of alkyl halides is 3. The number of halogens is 3. The number of nitrogens with zero attached hydrogens (tertiary/aromatic N) is 1. The van der Waals surface area contributed by atoms with Crippen LogP contribution in [-0.2, 0) is 9.53 Å². The highest BCUT2D eigenvalue weighted by atomic mass is 19.4. The molecule has 0 unspecified atom stereocenters. The minimum atomic E-state index is -4.78. The van der Waals surface area contributed by atoms with Crippen molar-refractivity contribution in [2.45, 2.75) is 6.36 Å². The summed E-state index contributed by atoms with van der Waals surface area (Å²) < 4.78 is 61.5. The maximum absolute atomic E-state index is 12.2. The van der Waals surface area contributed by atoms with Gasteiger partial charge in [0.25, 0.3) is 0 Å². The molecule has 0 bridgehead atoms. The highest BCUT2D eigenvalue weighted by Crippen LogP contribution is 2.39. The van der Waals surface area contributed by atoms with Gasteiger partial charge in [-0.05, 0) is 35.9 Å². The minimum absolute atomic E-state index is 0.0162. The van der Waals surface area contributed by atoms with Crippen LogP contribution in [0.25, 0.3) is 6.08 Å². The molecular weight excluding hydrogens is 407 g/mol. The Balaban J connectivity index is 1.89. The lowest BCUT2D eigenvalue weighted by Crippen LogP contribution is -2.16. The maximum atomic E-state index is 12.2. The van der Waals surface area contributed by atoms with E-state index in [-0.39, 0.29) is 17.3 Å². The van der Waals surface area contributed by atoms with Crippen molar-refractivity contribution in [3.63, 3.8) is 0 Å². The SMILES string of the molecule is COc1cc(C2=N/C(=C\c3ccc(OC(F)(F)F)cc3)C(=O)O2)cc(OC)c1OC. The molecule has 0 amide bonds. The van der Waals surface area contributed by atoms with Crippen molar-refractivity contribution >= 4 is 17.9 Å². The monoisotopic (exact) mass is 423 g/mol. The van der Waals surface area contributed by atoms with Gasteiger partial charge in [-0.25, -0.2) is 9.79 Å². The fourth-order valence-electron chi connectivity index (χ4n) is 2.66. The van der Waals surface area contributed by atoms with Crippen LogP contribution < -0.4 is 18.9 Å². The molecule has 10 heteroatoms.